The Morgan fingerprint density at radius 2 is 2.00 bits per heavy atom. The van der Waals surface area contributed by atoms with Crippen molar-refractivity contribution in [1.82, 2.24) is 5.32 Å². The molecule has 0 aromatic heterocycles. The van der Waals surface area contributed by atoms with E-state index in [1.165, 1.54) is 45.1 Å². The van der Waals surface area contributed by atoms with Crippen molar-refractivity contribution in [2.24, 2.45) is 11.3 Å². The molecule has 1 aliphatic carbocycles. The molecule has 1 saturated heterocycles. The lowest BCUT2D eigenvalue weighted by molar-refractivity contribution is 0.0246. The predicted octanol–water partition coefficient (Wildman–Crippen LogP) is 2.19. The van der Waals surface area contributed by atoms with Crippen LogP contribution < -0.4 is 5.32 Å². The minimum absolute atomic E-state index is 0.663. The molecule has 0 bridgehead atoms. The van der Waals surface area contributed by atoms with E-state index in [9.17, 15) is 0 Å². The summed E-state index contributed by atoms with van der Waals surface area (Å²) in [5, 5.41) is 3.37. The Balaban J connectivity index is 1.80. The van der Waals surface area contributed by atoms with Crippen LogP contribution in [-0.2, 0) is 4.74 Å². The molecule has 2 nitrogen and oxygen atoms in total. The van der Waals surface area contributed by atoms with Crippen molar-refractivity contribution < 1.29 is 4.74 Å². The standard InChI is InChI=1S/C12H23NO/c1-13-10-12(5-2-6-12)9-11-3-7-14-8-4-11/h11,13H,2-10H2,1H3. The Morgan fingerprint density at radius 3 is 2.50 bits per heavy atom. The Kier molecular flexibility index (Phi) is 3.45. The van der Waals surface area contributed by atoms with Crippen molar-refractivity contribution in [2.75, 3.05) is 26.8 Å². The minimum atomic E-state index is 0.663. The molecule has 2 aliphatic rings. The maximum atomic E-state index is 5.41. The van der Waals surface area contributed by atoms with Crippen LogP contribution in [0.2, 0.25) is 0 Å². The molecule has 1 aliphatic heterocycles. The molecule has 1 heterocycles. The highest BCUT2D eigenvalue weighted by atomic mass is 16.5. The lowest BCUT2D eigenvalue weighted by Crippen LogP contribution is -2.41. The number of rotatable bonds is 4. The van der Waals surface area contributed by atoms with Crippen LogP contribution in [0, 0.1) is 11.3 Å². The first-order valence-electron chi connectivity index (χ1n) is 6.07. The lowest BCUT2D eigenvalue weighted by Gasteiger charge is -2.45. The highest BCUT2D eigenvalue weighted by Crippen LogP contribution is 2.46. The quantitative estimate of drug-likeness (QED) is 0.746. The highest BCUT2D eigenvalue weighted by Gasteiger charge is 2.38. The molecular weight excluding hydrogens is 174 g/mol. The average Bonchev–Trinajstić information content (AvgIpc) is 2.16. The molecular formula is C12H23NO. The highest BCUT2D eigenvalue weighted by molar-refractivity contribution is 4.91. The van der Waals surface area contributed by atoms with Gasteiger partial charge in [-0.1, -0.05) is 6.42 Å². The number of hydrogen-bond donors (Lipinski definition) is 1. The minimum Gasteiger partial charge on any atom is -0.381 e. The molecule has 82 valence electrons. The third kappa shape index (κ3) is 2.29. The predicted molar refractivity (Wildman–Crippen MR) is 58.4 cm³/mol. The van der Waals surface area contributed by atoms with Crippen LogP contribution in [0.15, 0.2) is 0 Å². The van der Waals surface area contributed by atoms with Gasteiger partial charge in [0, 0.05) is 19.8 Å². The number of nitrogens with one attached hydrogen (secondary N) is 1. The molecule has 1 saturated carbocycles. The summed E-state index contributed by atoms with van der Waals surface area (Å²) in [4.78, 5) is 0. The Morgan fingerprint density at radius 1 is 1.29 bits per heavy atom. The number of hydrogen-bond acceptors (Lipinski definition) is 2. The smallest absolute Gasteiger partial charge is 0.0468 e. The van der Waals surface area contributed by atoms with Gasteiger partial charge in [-0.15, -0.1) is 0 Å². The van der Waals surface area contributed by atoms with E-state index in [0.717, 1.165) is 19.1 Å². The van der Waals surface area contributed by atoms with Gasteiger partial charge in [0.05, 0.1) is 0 Å². The van der Waals surface area contributed by atoms with E-state index in [-0.39, 0.29) is 0 Å². The first-order valence-corrected chi connectivity index (χ1v) is 6.07. The molecule has 2 fully saturated rings. The van der Waals surface area contributed by atoms with E-state index in [0.29, 0.717) is 5.41 Å². The van der Waals surface area contributed by atoms with Crippen molar-refractivity contribution in [2.45, 2.75) is 38.5 Å². The molecule has 0 aromatic rings. The van der Waals surface area contributed by atoms with Crippen molar-refractivity contribution in [3.05, 3.63) is 0 Å². The van der Waals surface area contributed by atoms with Gasteiger partial charge in [-0.05, 0) is 50.5 Å². The molecule has 0 unspecified atom stereocenters. The van der Waals surface area contributed by atoms with Crippen LogP contribution in [0.4, 0.5) is 0 Å². The van der Waals surface area contributed by atoms with Crippen LogP contribution in [0.3, 0.4) is 0 Å². The zero-order chi connectivity index (χ0) is 9.86. The molecule has 2 rings (SSSR count). The fourth-order valence-corrected chi connectivity index (χ4v) is 3.07. The van der Waals surface area contributed by atoms with Gasteiger partial charge in [-0.25, -0.2) is 0 Å². The summed E-state index contributed by atoms with van der Waals surface area (Å²) < 4.78 is 5.41. The fourth-order valence-electron chi connectivity index (χ4n) is 3.07. The van der Waals surface area contributed by atoms with Gasteiger partial charge in [-0.3, -0.25) is 0 Å². The van der Waals surface area contributed by atoms with Gasteiger partial charge < -0.3 is 10.1 Å². The zero-order valence-electron chi connectivity index (χ0n) is 9.35. The van der Waals surface area contributed by atoms with E-state index in [1.807, 2.05) is 0 Å². The monoisotopic (exact) mass is 197 g/mol. The summed E-state index contributed by atoms with van der Waals surface area (Å²) in [5.41, 5.74) is 0.663. The third-order valence-corrected chi connectivity index (χ3v) is 4.03. The first kappa shape index (κ1) is 10.4. The molecule has 1 N–H and O–H groups in total. The van der Waals surface area contributed by atoms with Gasteiger partial charge >= 0.3 is 0 Å². The topological polar surface area (TPSA) is 21.3 Å². The Bertz CT molecular complexity index is 171. The maximum Gasteiger partial charge on any atom is 0.0468 e. The van der Waals surface area contributed by atoms with E-state index < -0.39 is 0 Å². The van der Waals surface area contributed by atoms with Crippen molar-refractivity contribution in [3.8, 4) is 0 Å². The van der Waals surface area contributed by atoms with Gasteiger partial charge in [0.2, 0.25) is 0 Å². The van der Waals surface area contributed by atoms with E-state index >= 15 is 0 Å². The van der Waals surface area contributed by atoms with Crippen LogP contribution in [0.1, 0.15) is 38.5 Å². The van der Waals surface area contributed by atoms with E-state index in [4.69, 9.17) is 4.74 Å². The molecule has 0 spiro atoms. The molecule has 0 radical (unpaired) electrons. The van der Waals surface area contributed by atoms with Crippen molar-refractivity contribution >= 4 is 0 Å². The average molecular weight is 197 g/mol. The lowest BCUT2D eigenvalue weighted by atomic mass is 9.63. The second kappa shape index (κ2) is 4.63. The summed E-state index contributed by atoms with van der Waals surface area (Å²) in [7, 11) is 2.09. The summed E-state index contributed by atoms with van der Waals surface area (Å²) in [6, 6.07) is 0. The summed E-state index contributed by atoms with van der Waals surface area (Å²) in [6.07, 6.45) is 8.38. The molecule has 14 heavy (non-hydrogen) atoms. The Labute approximate surface area is 87.4 Å². The van der Waals surface area contributed by atoms with Gasteiger partial charge in [0.15, 0.2) is 0 Å². The maximum absolute atomic E-state index is 5.41. The normalized spacial score (nSPS) is 27.2. The molecule has 2 heteroatoms. The molecule has 0 atom stereocenters. The second-order valence-electron chi connectivity index (χ2n) is 5.14. The molecule has 0 amide bonds. The summed E-state index contributed by atoms with van der Waals surface area (Å²) in [5.74, 6) is 0.942. The van der Waals surface area contributed by atoms with Crippen LogP contribution >= 0.6 is 0 Å². The summed E-state index contributed by atoms with van der Waals surface area (Å²) >= 11 is 0. The van der Waals surface area contributed by atoms with E-state index in [2.05, 4.69) is 12.4 Å². The third-order valence-electron chi connectivity index (χ3n) is 4.03. The first-order chi connectivity index (χ1) is 6.85. The van der Waals surface area contributed by atoms with Gasteiger partial charge in [0.25, 0.3) is 0 Å². The number of ether oxygens (including phenoxy) is 1. The summed E-state index contributed by atoms with van der Waals surface area (Å²) in [6.45, 7) is 3.23. The van der Waals surface area contributed by atoms with Crippen LogP contribution in [0.5, 0.6) is 0 Å². The Hall–Kier alpha value is -0.0800. The largest absolute Gasteiger partial charge is 0.381 e. The van der Waals surface area contributed by atoms with Crippen molar-refractivity contribution in [1.29, 1.82) is 0 Å². The van der Waals surface area contributed by atoms with Gasteiger partial charge in [-0.2, -0.15) is 0 Å². The van der Waals surface area contributed by atoms with Gasteiger partial charge in [0.1, 0.15) is 0 Å². The SMILES string of the molecule is CNCC1(CC2CCOCC2)CCC1. The zero-order valence-corrected chi connectivity index (χ0v) is 9.35. The van der Waals surface area contributed by atoms with Crippen LogP contribution in [-0.4, -0.2) is 26.8 Å². The molecule has 0 aromatic carbocycles. The fraction of sp³-hybridized carbons (Fsp3) is 1.00. The van der Waals surface area contributed by atoms with Crippen molar-refractivity contribution in [3.63, 3.8) is 0 Å². The second-order valence-corrected chi connectivity index (χ2v) is 5.14. The van der Waals surface area contributed by atoms with E-state index in [1.54, 1.807) is 0 Å². The van der Waals surface area contributed by atoms with Crippen LogP contribution in [0.25, 0.3) is 0 Å².